The van der Waals surface area contributed by atoms with Gasteiger partial charge >= 0.3 is 0 Å². The van der Waals surface area contributed by atoms with Crippen LogP contribution >= 0.6 is 11.3 Å². The lowest BCUT2D eigenvalue weighted by atomic mass is 10.3. The third kappa shape index (κ3) is 2.44. The molecule has 0 saturated carbocycles. The third-order valence-electron chi connectivity index (χ3n) is 2.58. The summed E-state index contributed by atoms with van der Waals surface area (Å²) in [5.41, 5.74) is 1.17. The molecule has 0 saturated heterocycles. The number of pyridine rings is 2. The van der Waals surface area contributed by atoms with Crippen LogP contribution in [0.5, 0.6) is 0 Å². The van der Waals surface area contributed by atoms with Gasteiger partial charge in [-0.15, -0.1) is 11.3 Å². The Labute approximate surface area is 118 Å². The number of fused-ring (bicyclic) bond motifs is 1. The molecule has 3 heterocycles. The number of nitrogens with one attached hydrogen (secondary N) is 1. The van der Waals surface area contributed by atoms with Crippen LogP contribution < -0.4 is 5.32 Å². The van der Waals surface area contributed by atoms with E-state index in [1.54, 1.807) is 13.2 Å². The summed E-state index contributed by atoms with van der Waals surface area (Å²) in [6.45, 7) is 0. The summed E-state index contributed by atoms with van der Waals surface area (Å²) in [4.78, 5) is 12.4. The zero-order chi connectivity index (χ0) is 13.9. The quantitative estimate of drug-likeness (QED) is 0.698. The Balaban J connectivity index is 1.93. The van der Waals surface area contributed by atoms with Gasteiger partial charge in [0, 0.05) is 25.0 Å². The molecule has 1 N–H and O–H groups in total. The van der Waals surface area contributed by atoms with Crippen molar-refractivity contribution in [3.8, 4) is 11.8 Å². The van der Waals surface area contributed by atoms with Crippen LogP contribution in [0.4, 0.5) is 10.2 Å². The van der Waals surface area contributed by atoms with Gasteiger partial charge in [-0.25, -0.2) is 19.3 Å². The van der Waals surface area contributed by atoms with Crippen LogP contribution in [0.3, 0.4) is 0 Å². The van der Waals surface area contributed by atoms with Crippen molar-refractivity contribution in [2.75, 3.05) is 12.4 Å². The van der Waals surface area contributed by atoms with Gasteiger partial charge in [-0.2, -0.15) is 0 Å². The van der Waals surface area contributed by atoms with E-state index in [4.69, 9.17) is 0 Å². The Morgan fingerprint density at radius 3 is 2.80 bits per heavy atom. The fourth-order valence-corrected chi connectivity index (χ4v) is 2.38. The van der Waals surface area contributed by atoms with E-state index in [-0.39, 0.29) is 5.82 Å². The second kappa shape index (κ2) is 5.23. The molecule has 6 heteroatoms. The average Bonchev–Trinajstić information content (AvgIpc) is 2.90. The topological polar surface area (TPSA) is 50.7 Å². The molecule has 0 aliphatic carbocycles. The molecule has 0 spiro atoms. The number of hydrogen-bond donors (Lipinski definition) is 1. The Kier molecular flexibility index (Phi) is 3.27. The van der Waals surface area contributed by atoms with E-state index in [0.717, 1.165) is 11.4 Å². The van der Waals surface area contributed by atoms with Gasteiger partial charge in [-0.1, -0.05) is 5.92 Å². The summed E-state index contributed by atoms with van der Waals surface area (Å²) in [6, 6.07) is 5.01. The van der Waals surface area contributed by atoms with Crippen LogP contribution in [0, 0.1) is 17.7 Å². The molecule has 0 fully saturated rings. The molecule has 3 rings (SSSR count). The number of aromatic nitrogens is 3. The molecule has 0 unspecified atom stereocenters. The highest BCUT2D eigenvalue weighted by atomic mass is 32.1. The Hall–Kier alpha value is -2.52. The maximum atomic E-state index is 13.5. The molecule has 0 aromatic carbocycles. The van der Waals surface area contributed by atoms with Crippen LogP contribution in [-0.4, -0.2) is 22.0 Å². The molecule has 98 valence electrons. The summed E-state index contributed by atoms with van der Waals surface area (Å²) >= 11 is 1.20. The zero-order valence-corrected chi connectivity index (χ0v) is 11.3. The molecule has 4 nitrogen and oxygen atoms in total. The van der Waals surface area contributed by atoms with Crippen molar-refractivity contribution in [2.24, 2.45) is 0 Å². The van der Waals surface area contributed by atoms with E-state index >= 15 is 0 Å². The van der Waals surface area contributed by atoms with Gasteiger partial charge in [0.2, 0.25) is 0 Å². The van der Waals surface area contributed by atoms with Crippen molar-refractivity contribution >= 4 is 27.5 Å². The fourth-order valence-electron chi connectivity index (χ4n) is 1.60. The van der Waals surface area contributed by atoms with Gasteiger partial charge in [0.15, 0.2) is 10.7 Å². The number of hydrogen-bond acceptors (Lipinski definition) is 5. The summed E-state index contributed by atoms with van der Waals surface area (Å²) in [6.07, 6.45) is 3.07. The van der Waals surface area contributed by atoms with E-state index in [9.17, 15) is 4.39 Å². The van der Waals surface area contributed by atoms with E-state index in [2.05, 4.69) is 32.1 Å². The summed E-state index contributed by atoms with van der Waals surface area (Å²) in [5.74, 6) is 6.32. The number of nitrogens with zero attached hydrogens (tertiary/aromatic N) is 3. The average molecular weight is 284 g/mol. The summed E-state index contributed by atoms with van der Waals surface area (Å²) < 4.78 is 13.9. The lowest BCUT2D eigenvalue weighted by Gasteiger charge is -1.96. The van der Waals surface area contributed by atoms with Crippen molar-refractivity contribution in [1.82, 2.24) is 15.0 Å². The number of rotatable bonds is 1. The monoisotopic (exact) mass is 284 g/mol. The smallest absolute Gasteiger partial charge is 0.174 e. The van der Waals surface area contributed by atoms with Crippen molar-refractivity contribution in [1.29, 1.82) is 0 Å². The van der Waals surface area contributed by atoms with Crippen LogP contribution in [0.2, 0.25) is 0 Å². The van der Waals surface area contributed by atoms with Gasteiger partial charge in [0.1, 0.15) is 16.3 Å². The molecule has 0 amide bonds. The largest absolute Gasteiger partial charge is 0.373 e. The standard InChI is InChI=1S/C14H9FN4S/c1-16-11-4-2-9(8-18-11)3-5-12-19-14-13(20-12)10(15)6-7-17-14/h2,4,6-8H,1H3,(H,16,18). The lowest BCUT2D eigenvalue weighted by Crippen LogP contribution is -1.91. The van der Waals surface area contributed by atoms with E-state index in [1.807, 2.05) is 12.1 Å². The van der Waals surface area contributed by atoms with Gasteiger partial charge in [-0.3, -0.25) is 0 Å². The molecule has 0 radical (unpaired) electrons. The normalized spacial score (nSPS) is 10.1. The Bertz CT molecular complexity index is 815. The minimum atomic E-state index is -0.319. The highest BCUT2D eigenvalue weighted by Gasteiger charge is 2.07. The second-order valence-electron chi connectivity index (χ2n) is 3.90. The van der Waals surface area contributed by atoms with Crippen LogP contribution in [0.25, 0.3) is 10.3 Å². The van der Waals surface area contributed by atoms with E-state index in [1.165, 1.54) is 23.6 Å². The Morgan fingerprint density at radius 1 is 1.20 bits per heavy atom. The number of thiazole rings is 1. The first kappa shape index (κ1) is 12.5. The van der Waals surface area contributed by atoms with Gasteiger partial charge in [0.25, 0.3) is 0 Å². The highest BCUT2D eigenvalue weighted by molar-refractivity contribution is 7.19. The van der Waals surface area contributed by atoms with Crippen molar-refractivity contribution in [3.63, 3.8) is 0 Å². The van der Waals surface area contributed by atoms with Gasteiger partial charge in [0.05, 0.1) is 0 Å². The van der Waals surface area contributed by atoms with Crippen LogP contribution in [0.15, 0.2) is 30.6 Å². The summed E-state index contributed by atoms with van der Waals surface area (Å²) in [7, 11) is 1.80. The molecule has 3 aromatic rings. The maximum Gasteiger partial charge on any atom is 0.174 e. The third-order valence-corrected chi connectivity index (χ3v) is 3.55. The molecule has 0 bridgehead atoms. The van der Waals surface area contributed by atoms with Crippen LogP contribution in [-0.2, 0) is 0 Å². The maximum absolute atomic E-state index is 13.5. The first-order valence-electron chi connectivity index (χ1n) is 5.83. The van der Waals surface area contributed by atoms with E-state index < -0.39 is 0 Å². The number of halogens is 1. The minimum absolute atomic E-state index is 0.319. The van der Waals surface area contributed by atoms with Gasteiger partial charge < -0.3 is 5.32 Å². The van der Waals surface area contributed by atoms with Crippen molar-refractivity contribution in [3.05, 3.63) is 47.0 Å². The van der Waals surface area contributed by atoms with E-state index in [0.29, 0.717) is 15.4 Å². The predicted octanol–water partition coefficient (Wildman–Crippen LogP) is 2.67. The SMILES string of the molecule is CNc1ccc(C#Cc2nc3nccc(F)c3s2)cn1. The first-order chi connectivity index (χ1) is 9.76. The second-order valence-corrected chi connectivity index (χ2v) is 4.90. The molecular formula is C14H9FN4S. The zero-order valence-electron chi connectivity index (χ0n) is 10.5. The molecule has 3 aromatic heterocycles. The number of anilines is 1. The van der Waals surface area contributed by atoms with Gasteiger partial charge in [-0.05, 0) is 24.1 Å². The minimum Gasteiger partial charge on any atom is -0.373 e. The fraction of sp³-hybridized carbons (Fsp3) is 0.0714. The molecule has 0 aliphatic heterocycles. The molecular weight excluding hydrogens is 275 g/mol. The summed E-state index contributed by atoms with van der Waals surface area (Å²) in [5, 5.41) is 3.47. The molecule has 0 atom stereocenters. The first-order valence-corrected chi connectivity index (χ1v) is 6.65. The van der Waals surface area contributed by atoms with Crippen LogP contribution in [0.1, 0.15) is 10.6 Å². The van der Waals surface area contributed by atoms with Crippen molar-refractivity contribution < 1.29 is 4.39 Å². The Morgan fingerprint density at radius 2 is 2.10 bits per heavy atom. The highest BCUT2D eigenvalue weighted by Crippen LogP contribution is 2.22. The lowest BCUT2D eigenvalue weighted by molar-refractivity contribution is 0.640. The molecule has 20 heavy (non-hydrogen) atoms. The predicted molar refractivity (Wildman–Crippen MR) is 77.1 cm³/mol. The van der Waals surface area contributed by atoms with Crippen molar-refractivity contribution in [2.45, 2.75) is 0 Å². The molecule has 0 aliphatic rings.